The second-order valence-corrected chi connectivity index (χ2v) is 4.10. The maximum atomic E-state index is 11.7. The number of aliphatic imine (C=N–C) groups is 1. The Balaban J connectivity index is 2.33. The van der Waals surface area contributed by atoms with Crippen LogP contribution in [0.4, 0.5) is 0 Å². The summed E-state index contributed by atoms with van der Waals surface area (Å²) in [6, 6.07) is 6.79. The molecule has 0 radical (unpaired) electrons. The molecule has 6 heteroatoms. The van der Waals surface area contributed by atoms with Gasteiger partial charge in [0.15, 0.2) is 0 Å². The molecule has 6 nitrogen and oxygen atoms in total. The van der Waals surface area contributed by atoms with Gasteiger partial charge in [-0.1, -0.05) is 0 Å². The summed E-state index contributed by atoms with van der Waals surface area (Å²) in [4.78, 5) is 27.3. The van der Waals surface area contributed by atoms with Gasteiger partial charge in [0.2, 0.25) is 5.90 Å². The van der Waals surface area contributed by atoms with Crippen LogP contribution in [-0.4, -0.2) is 37.6 Å². The first-order valence-electron chi connectivity index (χ1n) is 5.56. The van der Waals surface area contributed by atoms with Crippen LogP contribution in [0.5, 0.6) is 5.75 Å². The predicted octanol–water partition coefficient (Wildman–Crippen LogP) is 0.930. The number of hydrogen-bond donors (Lipinski definition) is 0. The maximum Gasteiger partial charge on any atom is 0.352 e. The molecule has 0 N–H and O–H groups in total. The number of ether oxygens (including phenoxy) is 3. The van der Waals surface area contributed by atoms with Gasteiger partial charge in [0.25, 0.3) is 5.54 Å². The van der Waals surface area contributed by atoms with E-state index in [2.05, 4.69) is 9.73 Å². The fraction of sp³-hybridized carbons (Fsp3) is 0.308. The molecule has 1 unspecified atom stereocenters. The third-order valence-corrected chi connectivity index (χ3v) is 2.83. The highest BCUT2D eigenvalue weighted by molar-refractivity contribution is 6.16. The molecule has 1 atom stereocenters. The van der Waals surface area contributed by atoms with Crippen LogP contribution in [0.1, 0.15) is 12.5 Å². The fourth-order valence-corrected chi connectivity index (χ4v) is 1.64. The molecule has 0 fully saturated rings. The van der Waals surface area contributed by atoms with Crippen LogP contribution >= 0.6 is 0 Å². The lowest BCUT2D eigenvalue weighted by molar-refractivity contribution is -0.154. The zero-order valence-corrected chi connectivity index (χ0v) is 10.8. The second kappa shape index (κ2) is 4.72. The highest BCUT2D eigenvalue weighted by Gasteiger charge is 2.49. The Morgan fingerprint density at radius 2 is 1.89 bits per heavy atom. The molecule has 100 valence electrons. The number of benzene rings is 1. The summed E-state index contributed by atoms with van der Waals surface area (Å²) < 4.78 is 14.6. The average Bonchev–Trinajstić information content (AvgIpc) is 2.75. The monoisotopic (exact) mass is 263 g/mol. The number of hydrogen-bond acceptors (Lipinski definition) is 6. The second-order valence-electron chi connectivity index (χ2n) is 4.10. The van der Waals surface area contributed by atoms with E-state index in [1.807, 2.05) is 0 Å². The van der Waals surface area contributed by atoms with E-state index < -0.39 is 17.5 Å². The van der Waals surface area contributed by atoms with Crippen molar-refractivity contribution < 1.29 is 23.8 Å². The van der Waals surface area contributed by atoms with Gasteiger partial charge in [0.1, 0.15) is 5.75 Å². The molecular formula is C13H13NO5. The third-order valence-electron chi connectivity index (χ3n) is 2.83. The van der Waals surface area contributed by atoms with Crippen molar-refractivity contribution in [3.05, 3.63) is 29.8 Å². The molecule has 0 bridgehead atoms. The van der Waals surface area contributed by atoms with Gasteiger partial charge in [-0.2, -0.15) is 0 Å². The molecule has 0 aliphatic carbocycles. The van der Waals surface area contributed by atoms with Gasteiger partial charge in [-0.05, 0) is 31.2 Å². The van der Waals surface area contributed by atoms with Crippen molar-refractivity contribution in [3.8, 4) is 5.75 Å². The predicted molar refractivity (Wildman–Crippen MR) is 66.0 cm³/mol. The molecule has 0 amide bonds. The topological polar surface area (TPSA) is 74.2 Å². The number of nitrogens with zero attached hydrogens (tertiary/aromatic N) is 1. The Hall–Kier alpha value is -2.37. The Bertz CT molecular complexity index is 549. The number of rotatable bonds is 3. The highest BCUT2D eigenvalue weighted by Crippen LogP contribution is 2.25. The minimum Gasteiger partial charge on any atom is -0.497 e. The van der Waals surface area contributed by atoms with Crippen LogP contribution in [0, 0.1) is 0 Å². The van der Waals surface area contributed by atoms with Gasteiger partial charge in [0, 0.05) is 5.56 Å². The molecule has 0 aromatic heterocycles. The highest BCUT2D eigenvalue weighted by atomic mass is 16.6. The van der Waals surface area contributed by atoms with Gasteiger partial charge in [-0.25, -0.2) is 14.6 Å². The van der Waals surface area contributed by atoms with Crippen LogP contribution in [0.3, 0.4) is 0 Å². The van der Waals surface area contributed by atoms with Gasteiger partial charge >= 0.3 is 11.9 Å². The third kappa shape index (κ3) is 2.16. The van der Waals surface area contributed by atoms with Crippen molar-refractivity contribution in [2.75, 3.05) is 14.2 Å². The van der Waals surface area contributed by atoms with Crippen LogP contribution < -0.4 is 4.74 Å². The number of methoxy groups -OCH3 is 2. The van der Waals surface area contributed by atoms with E-state index in [0.29, 0.717) is 11.3 Å². The first kappa shape index (κ1) is 13.1. The summed E-state index contributed by atoms with van der Waals surface area (Å²) in [6.07, 6.45) is 0. The fourth-order valence-electron chi connectivity index (χ4n) is 1.64. The van der Waals surface area contributed by atoms with Crippen molar-refractivity contribution >= 4 is 17.8 Å². The average molecular weight is 263 g/mol. The molecule has 1 aliphatic heterocycles. The van der Waals surface area contributed by atoms with Gasteiger partial charge < -0.3 is 14.2 Å². The van der Waals surface area contributed by atoms with Gasteiger partial charge in [-0.3, -0.25) is 0 Å². The molecule has 1 aliphatic rings. The van der Waals surface area contributed by atoms with Crippen LogP contribution in [0.15, 0.2) is 29.3 Å². The van der Waals surface area contributed by atoms with Gasteiger partial charge in [0.05, 0.1) is 14.2 Å². The molecular weight excluding hydrogens is 250 g/mol. The Morgan fingerprint density at radius 3 is 2.42 bits per heavy atom. The Kier molecular flexibility index (Phi) is 3.25. The smallest absolute Gasteiger partial charge is 0.352 e. The maximum absolute atomic E-state index is 11.7. The first-order chi connectivity index (χ1) is 9.01. The minimum atomic E-state index is -1.63. The summed E-state index contributed by atoms with van der Waals surface area (Å²) in [5.41, 5.74) is -1.05. The standard InChI is InChI=1S/C13H13NO5/c1-13(11(15)18-3)12(16)19-10(14-13)8-4-6-9(17-2)7-5-8/h4-7H,1-3H3. The molecule has 1 aromatic rings. The van der Waals surface area contributed by atoms with Crippen LogP contribution in [0.25, 0.3) is 0 Å². The lowest BCUT2D eigenvalue weighted by atomic mass is 10.1. The lowest BCUT2D eigenvalue weighted by Gasteiger charge is -2.11. The van der Waals surface area contributed by atoms with E-state index in [4.69, 9.17) is 9.47 Å². The summed E-state index contributed by atoms with van der Waals surface area (Å²) >= 11 is 0. The van der Waals surface area contributed by atoms with Crippen molar-refractivity contribution in [2.24, 2.45) is 4.99 Å². The van der Waals surface area contributed by atoms with Crippen LogP contribution in [0.2, 0.25) is 0 Å². The number of cyclic esters (lactones) is 1. The molecule has 19 heavy (non-hydrogen) atoms. The molecule has 0 spiro atoms. The van der Waals surface area contributed by atoms with E-state index in [-0.39, 0.29) is 5.90 Å². The van der Waals surface area contributed by atoms with Crippen molar-refractivity contribution in [3.63, 3.8) is 0 Å². The minimum absolute atomic E-state index is 0.0977. The van der Waals surface area contributed by atoms with Gasteiger partial charge in [-0.15, -0.1) is 0 Å². The van der Waals surface area contributed by atoms with E-state index >= 15 is 0 Å². The van der Waals surface area contributed by atoms with E-state index in [0.717, 1.165) is 0 Å². The Labute approximate surface area is 110 Å². The molecule has 2 rings (SSSR count). The summed E-state index contributed by atoms with van der Waals surface area (Å²) in [7, 11) is 2.75. The zero-order chi connectivity index (χ0) is 14.0. The van der Waals surface area contributed by atoms with Crippen LogP contribution in [-0.2, 0) is 19.1 Å². The van der Waals surface area contributed by atoms with Crippen molar-refractivity contribution in [1.29, 1.82) is 0 Å². The molecule has 0 saturated heterocycles. The number of carbonyl (C=O) groups is 2. The van der Waals surface area contributed by atoms with Crippen molar-refractivity contribution in [2.45, 2.75) is 12.5 Å². The molecule has 1 aromatic carbocycles. The number of esters is 2. The lowest BCUT2D eigenvalue weighted by Crippen LogP contribution is -2.40. The quantitative estimate of drug-likeness (QED) is 0.599. The SMILES string of the molecule is COC(=O)C1(C)N=C(c2ccc(OC)cc2)OC1=O. The summed E-state index contributed by atoms with van der Waals surface area (Å²) in [5, 5.41) is 0. The van der Waals surface area contributed by atoms with E-state index in [9.17, 15) is 9.59 Å². The number of carbonyl (C=O) groups excluding carboxylic acids is 2. The molecule has 0 saturated carbocycles. The van der Waals surface area contributed by atoms with E-state index in [1.54, 1.807) is 31.4 Å². The summed E-state index contributed by atoms with van der Waals surface area (Å²) in [6.45, 7) is 1.36. The first-order valence-corrected chi connectivity index (χ1v) is 5.56. The zero-order valence-electron chi connectivity index (χ0n) is 10.8. The largest absolute Gasteiger partial charge is 0.497 e. The van der Waals surface area contributed by atoms with Crippen molar-refractivity contribution in [1.82, 2.24) is 0 Å². The van der Waals surface area contributed by atoms with E-state index in [1.165, 1.54) is 14.0 Å². The Morgan fingerprint density at radius 1 is 1.26 bits per heavy atom. The molecule has 1 heterocycles. The summed E-state index contributed by atoms with van der Waals surface area (Å²) in [5.74, 6) is -0.726. The normalized spacial score (nSPS) is 21.6.